The molecule has 5 atom stereocenters. The Hall–Kier alpha value is -0.810. The Labute approximate surface area is 103 Å². The van der Waals surface area contributed by atoms with Crippen molar-refractivity contribution in [1.29, 1.82) is 0 Å². The first-order valence-electron chi connectivity index (χ1n) is 4.79. The van der Waals surface area contributed by atoms with Crippen molar-refractivity contribution in [2.45, 2.75) is 49.0 Å². The largest absolute Gasteiger partial charge is 0.434 e. The number of rotatable bonds is 1. The van der Waals surface area contributed by atoms with E-state index in [1.807, 2.05) is 0 Å². The molecular formula is C8H5F11O. The third-order valence-corrected chi connectivity index (χ3v) is 2.64. The lowest BCUT2D eigenvalue weighted by Crippen LogP contribution is -2.68. The third kappa shape index (κ3) is 2.42. The third-order valence-electron chi connectivity index (χ3n) is 2.64. The lowest BCUT2D eigenvalue weighted by atomic mass is 9.88. The molecule has 1 aliphatic heterocycles. The predicted octanol–water partition coefficient (Wildman–Crippen LogP) is 3.53. The van der Waals surface area contributed by atoms with Crippen LogP contribution in [0.25, 0.3) is 0 Å². The van der Waals surface area contributed by atoms with Crippen LogP contribution in [0.15, 0.2) is 0 Å². The molecule has 0 bridgehead atoms. The summed E-state index contributed by atoms with van der Waals surface area (Å²) < 4.78 is 141. The van der Waals surface area contributed by atoms with Gasteiger partial charge in [0.1, 0.15) is 6.10 Å². The zero-order valence-electron chi connectivity index (χ0n) is 8.95. The fourth-order valence-corrected chi connectivity index (χ4v) is 1.57. The van der Waals surface area contributed by atoms with Crippen molar-refractivity contribution in [1.82, 2.24) is 0 Å². The summed E-state index contributed by atoms with van der Waals surface area (Å²) in [5.74, 6) is 0. The number of alkyl halides is 11. The van der Waals surface area contributed by atoms with Crippen LogP contribution < -0.4 is 0 Å². The molecule has 0 aliphatic carbocycles. The minimum Gasteiger partial charge on any atom is -0.335 e. The van der Waals surface area contributed by atoms with Crippen molar-refractivity contribution in [3.05, 3.63) is 0 Å². The Morgan fingerprint density at radius 3 is 1.35 bits per heavy atom. The van der Waals surface area contributed by atoms with E-state index in [1.54, 1.807) is 0 Å². The average Bonchev–Trinajstić information content (AvgIpc) is 2.27. The van der Waals surface area contributed by atoms with Gasteiger partial charge in [0, 0.05) is 0 Å². The lowest BCUT2D eigenvalue weighted by molar-refractivity contribution is -0.391. The van der Waals surface area contributed by atoms with E-state index in [0.29, 0.717) is 0 Å². The van der Waals surface area contributed by atoms with E-state index in [-0.39, 0.29) is 0 Å². The quantitative estimate of drug-likeness (QED) is 0.670. The van der Waals surface area contributed by atoms with E-state index in [9.17, 15) is 48.3 Å². The first-order chi connectivity index (χ1) is 8.75. The molecule has 5 unspecified atom stereocenters. The van der Waals surface area contributed by atoms with Gasteiger partial charge in [-0.3, -0.25) is 0 Å². The number of ether oxygens (including phenoxy) is 1. The van der Waals surface area contributed by atoms with Crippen molar-refractivity contribution < 1.29 is 53.0 Å². The van der Waals surface area contributed by atoms with Crippen LogP contribution in [-0.4, -0.2) is 49.0 Å². The molecule has 0 aromatic rings. The maximum absolute atomic E-state index is 13.3. The molecule has 0 saturated carbocycles. The Bertz CT molecular complexity index is 335. The number of halogens is 11. The van der Waals surface area contributed by atoms with Gasteiger partial charge in [-0.25, -0.2) is 22.0 Å². The van der Waals surface area contributed by atoms with Gasteiger partial charge in [0.05, 0.1) is 0 Å². The molecule has 1 saturated heterocycles. The molecule has 0 N–H and O–H groups in total. The van der Waals surface area contributed by atoms with E-state index >= 15 is 0 Å². The minimum atomic E-state index is -6.77. The van der Waals surface area contributed by atoms with Gasteiger partial charge in [-0.05, 0) is 0 Å². The molecular weight excluding hydrogens is 321 g/mol. The molecule has 0 amide bonds. The normalized spacial score (nSPS) is 37.0. The van der Waals surface area contributed by atoms with Gasteiger partial charge in [0.25, 0.3) is 0 Å². The molecule has 20 heavy (non-hydrogen) atoms. The summed E-state index contributed by atoms with van der Waals surface area (Å²) in [4.78, 5) is 0. The fraction of sp³-hybridized carbons (Fsp3) is 1.00. The maximum atomic E-state index is 13.3. The number of hydrogen-bond donors (Lipinski definition) is 0. The first-order valence-corrected chi connectivity index (χ1v) is 4.79. The molecule has 1 rings (SSSR count). The van der Waals surface area contributed by atoms with Crippen LogP contribution in [-0.2, 0) is 4.74 Å². The Morgan fingerprint density at radius 2 is 1.00 bits per heavy atom. The Kier molecular flexibility index (Phi) is 4.21. The average molecular weight is 326 g/mol. The van der Waals surface area contributed by atoms with E-state index in [1.165, 1.54) is 0 Å². The van der Waals surface area contributed by atoms with E-state index < -0.39 is 49.0 Å². The van der Waals surface area contributed by atoms with Crippen LogP contribution >= 0.6 is 0 Å². The highest BCUT2D eigenvalue weighted by Gasteiger charge is 2.80. The van der Waals surface area contributed by atoms with Gasteiger partial charge in [-0.15, -0.1) is 0 Å². The molecule has 12 heteroatoms. The standard InChI is InChI=1S/C8H5F11O/c9-1-2(10)4(20-5(12)3(1)11)6(13,7(14,15)16)8(17,18)19/h1-5H. The highest BCUT2D eigenvalue weighted by molar-refractivity contribution is 5.08. The summed E-state index contributed by atoms with van der Waals surface area (Å²) in [6, 6.07) is 0. The van der Waals surface area contributed by atoms with E-state index in [2.05, 4.69) is 4.74 Å². The molecule has 0 radical (unpaired) electrons. The van der Waals surface area contributed by atoms with Crippen LogP contribution in [0.5, 0.6) is 0 Å². The SMILES string of the molecule is FC1OC(C(F)(C(F)(F)F)C(F)(F)F)C(F)C(F)C1F. The Balaban J connectivity index is 3.29. The van der Waals surface area contributed by atoms with Crippen molar-refractivity contribution in [3.63, 3.8) is 0 Å². The van der Waals surface area contributed by atoms with Crippen molar-refractivity contribution in [2.24, 2.45) is 0 Å². The monoisotopic (exact) mass is 326 g/mol. The summed E-state index contributed by atoms with van der Waals surface area (Å²) in [5.41, 5.74) is -6.38. The first kappa shape index (κ1) is 17.2. The summed E-state index contributed by atoms with van der Waals surface area (Å²) in [5, 5.41) is 0. The highest BCUT2D eigenvalue weighted by atomic mass is 19.4. The second kappa shape index (κ2) is 4.88. The van der Waals surface area contributed by atoms with Crippen molar-refractivity contribution >= 4 is 0 Å². The zero-order valence-corrected chi connectivity index (χ0v) is 8.95. The summed E-state index contributed by atoms with van der Waals surface area (Å²) in [7, 11) is 0. The Morgan fingerprint density at radius 1 is 0.600 bits per heavy atom. The van der Waals surface area contributed by atoms with Crippen LogP contribution in [0.1, 0.15) is 0 Å². The zero-order chi connectivity index (χ0) is 16.1. The number of hydrogen-bond acceptors (Lipinski definition) is 1. The van der Waals surface area contributed by atoms with Crippen molar-refractivity contribution in [3.8, 4) is 0 Å². The molecule has 0 spiro atoms. The molecule has 1 nitrogen and oxygen atoms in total. The van der Waals surface area contributed by atoms with Gasteiger partial charge in [0.15, 0.2) is 18.5 Å². The van der Waals surface area contributed by atoms with Crippen LogP contribution in [0.3, 0.4) is 0 Å². The summed E-state index contributed by atoms with van der Waals surface area (Å²) >= 11 is 0. The summed E-state index contributed by atoms with van der Waals surface area (Å²) in [6.07, 6.45) is -32.7. The van der Waals surface area contributed by atoms with E-state index in [4.69, 9.17) is 0 Å². The predicted molar refractivity (Wildman–Crippen MR) is 40.4 cm³/mol. The smallest absolute Gasteiger partial charge is 0.335 e. The highest BCUT2D eigenvalue weighted by Crippen LogP contribution is 2.52. The van der Waals surface area contributed by atoms with Crippen molar-refractivity contribution in [2.75, 3.05) is 0 Å². The topological polar surface area (TPSA) is 9.23 Å². The minimum absolute atomic E-state index is 3.13. The summed E-state index contributed by atoms with van der Waals surface area (Å²) in [6.45, 7) is 0. The van der Waals surface area contributed by atoms with Gasteiger partial charge < -0.3 is 4.74 Å². The van der Waals surface area contributed by atoms with Gasteiger partial charge in [-0.1, -0.05) is 0 Å². The molecule has 1 fully saturated rings. The molecule has 0 aromatic heterocycles. The van der Waals surface area contributed by atoms with Crippen LogP contribution in [0, 0.1) is 0 Å². The second-order valence-corrected chi connectivity index (χ2v) is 3.95. The van der Waals surface area contributed by atoms with Gasteiger partial charge in [0.2, 0.25) is 6.36 Å². The molecule has 120 valence electrons. The fourth-order valence-electron chi connectivity index (χ4n) is 1.57. The van der Waals surface area contributed by atoms with Gasteiger partial charge in [-0.2, -0.15) is 26.3 Å². The van der Waals surface area contributed by atoms with Crippen LogP contribution in [0.4, 0.5) is 48.3 Å². The lowest BCUT2D eigenvalue weighted by Gasteiger charge is -2.42. The second-order valence-electron chi connectivity index (χ2n) is 3.95. The maximum Gasteiger partial charge on any atom is 0.434 e. The molecule has 0 aromatic carbocycles. The van der Waals surface area contributed by atoms with Crippen LogP contribution in [0.2, 0.25) is 0 Å². The van der Waals surface area contributed by atoms with Gasteiger partial charge >= 0.3 is 18.0 Å². The molecule has 1 heterocycles. The molecule has 1 aliphatic rings. The van der Waals surface area contributed by atoms with E-state index in [0.717, 1.165) is 0 Å².